The molecule has 3 heteroatoms. The van der Waals surface area contributed by atoms with Crippen molar-refractivity contribution < 1.29 is 4.74 Å². The van der Waals surface area contributed by atoms with E-state index in [4.69, 9.17) is 10.00 Å². The molecule has 0 aromatic carbocycles. The molecule has 0 saturated heterocycles. The predicted molar refractivity (Wildman–Crippen MR) is 51.2 cm³/mol. The van der Waals surface area contributed by atoms with Crippen molar-refractivity contribution in [3.8, 4) is 6.07 Å². The third kappa shape index (κ3) is 5.62. The summed E-state index contributed by atoms with van der Waals surface area (Å²) in [6.45, 7) is 4.50. The van der Waals surface area contributed by atoms with Crippen LogP contribution >= 0.6 is 0 Å². The molecule has 1 N–H and O–H groups in total. The molecular weight excluding hydrogens is 164 g/mol. The molecule has 0 heterocycles. The third-order valence-corrected chi connectivity index (χ3v) is 2.16. The lowest BCUT2D eigenvalue weighted by atomic mass is 10.3. The molecule has 1 rings (SSSR count). The highest BCUT2D eigenvalue weighted by Gasteiger charge is 2.20. The van der Waals surface area contributed by atoms with E-state index in [2.05, 4.69) is 11.4 Å². The molecule has 1 fully saturated rings. The van der Waals surface area contributed by atoms with E-state index in [0.717, 1.165) is 32.1 Å². The maximum atomic E-state index is 8.47. The van der Waals surface area contributed by atoms with Gasteiger partial charge in [-0.1, -0.05) is 0 Å². The Morgan fingerprint density at radius 2 is 2.38 bits per heavy atom. The minimum atomic E-state index is -0.0385. The van der Waals surface area contributed by atoms with E-state index in [9.17, 15) is 0 Å². The van der Waals surface area contributed by atoms with Gasteiger partial charge in [-0.2, -0.15) is 5.26 Å². The highest BCUT2D eigenvalue weighted by molar-refractivity contribution is 4.84. The van der Waals surface area contributed by atoms with Crippen LogP contribution in [0.4, 0.5) is 0 Å². The van der Waals surface area contributed by atoms with Crippen molar-refractivity contribution in [2.45, 2.75) is 32.2 Å². The Labute approximate surface area is 80.1 Å². The SMILES string of the molecule is CC(C#N)NCCCOCC1CC1. The maximum Gasteiger partial charge on any atom is 0.0924 e. The lowest BCUT2D eigenvalue weighted by Crippen LogP contribution is -2.26. The Morgan fingerprint density at radius 1 is 1.62 bits per heavy atom. The molecule has 0 aromatic heterocycles. The summed E-state index contributed by atoms with van der Waals surface area (Å²) < 4.78 is 5.45. The quantitative estimate of drug-likeness (QED) is 0.604. The van der Waals surface area contributed by atoms with Crippen molar-refractivity contribution >= 4 is 0 Å². The number of hydrogen-bond acceptors (Lipinski definition) is 3. The Bertz CT molecular complexity index is 172. The van der Waals surface area contributed by atoms with E-state index in [1.54, 1.807) is 0 Å². The van der Waals surface area contributed by atoms with Gasteiger partial charge in [0.2, 0.25) is 0 Å². The van der Waals surface area contributed by atoms with Crippen LogP contribution in [0.5, 0.6) is 0 Å². The lowest BCUT2D eigenvalue weighted by Gasteiger charge is -2.06. The zero-order valence-electron chi connectivity index (χ0n) is 8.25. The molecule has 1 aliphatic carbocycles. The molecule has 1 saturated carbocycles. The van der Waals surface area contributed by atoms with Crippen LogP contribution in [0.3, 0.4) is 0 Å². The molecule has 1 atom stereocenters. The zero-order valence-corrected chi connectivity index (χ0v) is 8.25. The molecule has 74 valence electrons. The van der Waals surface area contributed by atoms with Crippen LogP contribution in [-0.4, -0.2) is 25.8 Å². The van der Waals surface area contributed by atoms with Crippen molar-refractivity contribution in [3.63, 3.8) is 0 Å². The molecule has 0 spiro atoms. The van der Waals surface area contributed by atoms with Gasteiger partial charge in [0.25, 0.3) is 0 Å². The summed E-state index contributed by atoms with van der Waals surface area (Å²) in [7, 11) is 0. The lowest BCUT2D eigenvalue weighted by molar-refractivity contribution is 0.122. The second-order valence-electron chi connectivity index (χ2n) is 3.68. The van der Waals surface area contributed by atoms with Gasteiger partial charge in [0.05, 0.1) is 12.1 Å². The van der Waals surface area contributed by atoms with Crippen molar-refractivity contribution in [3.05, 3.63) is 0 Å². The fourth-order valence-corrected chi connectivity index (χ4v) is 1.07. The predicted octanol–water partition coefficient (Wildman–Crippen LogP) is 1.30. The van der Waals surface area contributed by atoms with Crippen LogP contribution < -0.4 is 5.32 Å². The average Bonchev–Trinajstić information content (AvgIpc) is 2.94. The minimum Gasteiger partial charge on any atom is -0.381 e. The van der Waals surface area contributed by atoms with Gasteiger partial charge in [-0.25, -0.2) is 0 Å². The van der Waals surface area contributed by atoms with Gasteiger partial charge >= 0.3 is 0 Å². The maximum absolute atomic E-state index is 8.47. The smallest absolute Gasteiger partial charge is 0.0924 e. The first-order valence-corrected chi connectivity index (χ1v) is 5.03. The summed E-state index contributed by atoms with van der Waals surface area (Å²) in [6.07, 6.45) is 3.70. The first-order valence-electron chi connectivity index (χ1n) is 5.03. The fourth-order valence-electron chi connectivity index (χ4n) is 1.07. The summed E-state index contributed by atoms with van der Waals surface area (Å²) in [5, 5.41) is 11.6. The number of hydrogen-bond donors (Lipinski definition) is 1. The number of nitrogens with one attached hydrogen (secondary N) is 1. The summed E-state index contributed by atoms with van der Waals surface area (Å²) in [5.41, 5.74) is 0. The normalized spacial score (nSPS) is 18.2. The molecule has 13 heavy (non-hydrogen) atoms. The summed E-state index contributed by atoms with van der Waals surface area (Å²) in [4.78, 5) is 0. The Kier molecular flexibility index (Phi) is 4.81. The van der Waals surface area contributed by atoms with E-state index < -0.39 is 0 Å². The Morgan fingerprint density at radius 3 is 3.00 bits per heavy atom. The van der Waals surface area contributed by atoms with Crippen LogP contribution in [0, 0.1) is 17.2 Å². The largest absolute Gasteiger partial charge is 0.381 e. The Balaban J connectivity index is 1.75. The van der Waals surface area contributed by atoms with Gasteiger partial charge in [-0.05, 0) is 38.6 Å². The molecule has 0 amide bonds. The number of nitrogens with zero attached hydrogens (tertiary/aromatic N) is 1. The summed E-state index contributed by atoms with van der Waals surface area (Å²) >= 11 is 0. The van der Waals surface area contributed by atoms with Crippen molar-refractivity contribution in [2.75, 3.05) is 19.8 Å². The van der Waals surface area contributed by atoms with Gasteiger partial charge in [-0.3, -0.25) is 0 Å². The zero-order chi connectivity index (χ0) is 9.52. The summed E-state index contributed by atoms with van der Waals surface area (Å²) in [5.74, 6) is 0.853. The Hall–Kier alpha value is -0.590. The van der Waals surface area contributed by atoms with E-state index in [-0.39, 0.29) is 6.04 Å². The molecule has 0 bridgehead atoms. The van der Waals surface area contributed by atoms with E-state index in [0.29, 0.717) is 0 Å². The van der Waals surface area contributed by atoms with Gasteiger partial charge in [0, 0.05) is 13.2 Å². The topological polar surface area (TPSA) is 45.0 Å². The third-order valence-electron chi connectivity index (χ3n) is 2.16. The second kappa shape index (κ2) is 5.95. The van der Waals surface area contributed by atoms with Crippen LogP contribution in [0.2, 0.25) is 0 Å². The molecule has 0 aliphatic heterocycles. The van der Waals surface area contributed by atoms with Crippen LogP contribution in [0.25, 0.3) is 0 Å². The average molecular weight is 182 g/mol. The first kappa shape index (κ1) is 10.5. The van der Waals surface area contributed by atoms with Crippen LogP contribution in [-0.2, 0) is 4.74 Å². The van der Waals surface area contributed by atoms with E-state index in [1.165, 1.54) is 12.8 Å². The number of rotatable bonds is 7. The second-order valence-corrected chi connectivity index (χ2v) is 3.68. The molecule has 1 unspecified atom stereocenters. The molecule has 1 aliphatic rings. The monoisotopic (exact) mass is 182 g/mol. The molecule has 0 aromatic rings. The van der Waals surface area contributed by atoms with Gasteiger partial charge < -0.3 is 10.1 Å². The minimum absolute atomic E-state index is 0.0385. The first-order chi connectivity index (χ1) is 6.33. The van der Waals surface area contributed by atoms with Crippen LogP contribution in [0.15, 0.2) is 0 Å². The van der Waals surface area contributed by atoms with Gasteiger partial charge in [0.1, 0.15) is 0 Å². The number of nitriles is 1. The van der Waals surface area contributed by atoms with E-state index in [1.807, 2.05) is 6.92 Å². The standard InChI is InChI=1S/C10H18N2O/c1-9(7-11)12-5-2-6-13-8-10-3-4-10/h9-10,12H,2-6,8H2,1H3. The molecule has 3 nitrogen and oxygen atoms in total. The van der Waals surface area contributed by atoms with Crippen molar-refractivity contribution in [2.24, 2.45) is 5.92 Å². The summed E-state index contributed by atoms with van der Waals surface area (Å²) in [6, 6.07) is 2.09. The van der Waals surface area contributed by atoms with Gasteiger partial charge in [-0.15, -0.1) is 0 Å². The van der Waals surface area contributed by atoms with Crippen LogP contribution in [0.1, 0.15) is 26.2 Å². The van der Waals surface area contributed by atoms with Gasteiger partial charge in [0.15, 0.2) is 0 Å². The molecule has 0 radical (unpaired) electrons. The van der Waals surface area contributed by atoms with Crippen molar-refractivity contribution in [1.29, 1.82) is 5.26 Å². The highest BCUT2D eigenvalue weighted by atomic mass is 16.5. The highest BCUT2D eigenvalue weighted by Crippen LogP contribution is 2.28. The fraction of sp³-hybridized carbons (Fsp3) is 0.900. The van der Waals surface area contributed by atoms with Crippen molar-refractivity contribution in [1.82, 2.24) is 5.32 Å². The number of ether oxygens (including phenoxy) is 1. The molecular formula is C10H18N2O. The van der Waals surface area contributed by atoms with E-state index >= 15 is 0 Å².